The average molecular weight is 705 g/mol. The summed E-state index contributed by atoms with van der Waals surface area (Å²) in [4.78, 5) is 25.3. The van der Waals surface area contributed by atoms with Crippen molar-refractivity contribution in [2.24, 2.45) is 51.2 Å². The minimum atomic E-state index is -3.37. The number of carboxylic acid groups (broad SMARTS) is 1. The maximum atomic E-state index is 13.8. The Morgan fingerprint density at radius 2 is 1.64 bits per heavy atom. The van der Waals surface area contributed by atoms with Gasteiger partial charge in [0.05, 0.1) is 17.9 Å². The molecular formula is C42H60N2O5S. The third-order valence-electron chi connectivity index (χ3n) is 16.2. The van der Waals surface area contributed by atoms with Crippen molar-refractivity contribution in [3.63, 3.8) is 0 Å². The first kappa shape index (κ1) is 35.9. The first-order valence-corrected chi connectivity index (χ1v) is 21.0. The molecule has 1 aliphatic heterocycles. The van der Waals surface area contributed by atoms with E-state index in [1.807, 2.05) is 12.1 Å². The standard InChI is InChI=1S/C42H60N2O5S/c1-27(2)30-16-21-42(43-35(45)26-44-24-8-9-25-50(44,48)49)23-22-40(6)32(36(30)42)14-15-34-39(5)19-17-31(28-10-12-29(13-11-28)37(46)47)38(3,4)33(39)18-20-41(34,40)7/h10-13,17,30,32-34,36H,1,8-9,14-16,18-26H2,2-7H3,(H,43,45)(H,46,47)/t30-,32+,33-,34+,36+,39-,40+,41+,42-/m0/s1. The van der Waals surface area contributed by atoms with Gasteiger partial charge in [0.15, 0.2) is 0 Å². The number of carbonyl (C=O) groups excluding carboxylic acids is 1. The van der Waals surface area contributed by atoms with Crippen LogP contribution < -0.4 is 5.32 Å². The quantitative estimate of drug-likeness (QED) is 0.290. The van der Waals surface area contributed by atoms with Crippen molar-refractivity contribution in [3.8, 4) is 0 Å². The second-order valence-corrected chi connectivity index (χ2v) is 20.8. The molecule has 7 nitrogen and oxygen atoms in total. The Morgan fingerprint density at radius 1 is 0.920 bits per heavy atom. The van der Waals surface area contributed by atoms with E-state index in [-0.39, 0.29) is 45.4 Å². The molecule has 7 rings (SSSR count). The molecule has 1 saturated heterocycles. The lowest BCUT2D eigenvalue weighted by atomic mass is 9.33. The molecule has 4 saturated carbocycles. The van der Waals surface area contributed by atoms with Gasteiger partial charge in [-0.2, -0.15) is 4.31 Å². The van der Waals surface area contributed by atoms with E-state index in [2.05, 4.69) is 59.5 Å². The van der Waals surface area contributed by atoms with E-state index in [0.29, 0.717) is 48.1 Å². The topological polar surface area (TPSA) is 104 Å². The SMILES string of the molecule is C=C(C)[C@@H]1CC[C@]2(NC(=O)CN3CCCCS3(=O)=O)CC[C@]3(C)[C@H](CC[C@@H]4[C@@]5(C)CC=C(c6ccc(C(=O)O)cc6)C(C)(C)[C@@H]5CC[C@]43C)[C@@H]12. The second kappa shape index (κ2) is 12.0. The highest BCUT2D eigenvalue weighted by Crippen LogP contribution is 2.76. The predicted molar refractivity (Wildman–Crippen MR) is 199 cm³/mol. The summed E-state index contributed by atoms with van der Waals surface area (Å²) in [6.07, 6.45) is 13.7. The molecule has 0 unspecified atom stereocenters. The number of hydrogen-bond acceptors (Lipinski definition) is 4. The molecule has 0 radical (unpaired) electrons. The molecule has 2 N–H and O–H groups in total. The van der Waals surface area contributed by atoms with E-state index in [4.69, 9.17) is 0 Å². The second-order valence-electron chi connectivity index (χ2n) is 18.7. The Balaban J connectivity index is 1.18. The van der Waals surface area contributed by atoms with Crippen LogP contribution >= 0.6 is 0 Å². The summed E-state index contributed by atoms with van der Waals surface area (Å²) in [7, 11) is -3.37. The fraction of sp³-hybridized carbons (Fsp3) is 0.714. The number of carbonyl (C=O) groups is 2. The molecule has 50 heavy (non-hydrogen) atoms. The summed E-state index contributed by atoms with van der Waals surface area (Å²) in [6.45, 7) is 19.7. The lowest BCUT2D eigenvalue weighted by Crippen LogP contribution is -2.68. The van der Waals surface area contributed by atoms with Gasteiger partial charge in [0.2, 0.25) is 15.9 Å². The van der Waals surface area contributed by atoms with Crippen LogP contribution in [0.3, 0.4) is 0 Å². The van der Waals surface area contributed by atoms with E-state index < -0.39 is 16.0 Å². The van der Waals surface area contributed by atoms with E-state index >= 15 is 0 Å². The third-order valence-corrected chi connectivity index (χ3v) is 18.2. The molecule has 1 aromatic carbocycles. The molecule has 9 atom stereocenters. The lowest BCUT2D eigenvalue weighted by Gasteiger charge is -2.72. The van der Waals surface area contributed by atoms with Crippen LogP contribution in [0.4, 0.5) is 0 Å². The normalized spacial score (nSPS) is 41.8. The predicted octanol–water partition coefficient (Wildman–Crippen LogP) is 8.33. The van der Waals surface area contributed by atoms with Crippen molar-refractivity contribution < 1.29 is 23.1 Å². The summed E-state index contributed by atoms with van der Waals surface area (Å²) < 4.78 is 27.0. The van der Waals surface area contributed by atoms with Gasteiger partial charge in [0.25, 0.3) is 0 Å². The van der Waals surface area contributed by atoms with Crippen LogP contribution in [0.15, 0.2) is 42.5 Å². The van der Waals surface area contributed by atoms with Gasteiger partial charge in [-0.05, 0) is 152 Å². The van der Waals surface area contributed by atoms with Crippen molar-refractivity contribution >= 4 is 27.5 Å². The monoisotopic (exact) mass is 704 g/mol. The zero-order chi connectivity index (χ0) is 36.1. The maximum absolute atomic E-state index is 13.8. The van der Waals surface area contributed by atoms with E-state index in [0.717, 1.165) is 50.5 Å². The minimum absolute atomic E-state index is 0.0405. The third kappa shape index (κ3) is 5.22. The number of benzene rings is 1. The Kier molecular flexibility index (Phi) is 8.65. The number of hydrogen-bond donors (Lipinski definition) is 2. The van der Waals surface area contributed by atoms with Gasteiger partial charge in [-0.3, -0.25) is 4.79 Å². The highest BCUT2D eigenvalue weighted by Gasteiger charge is 2.70. The largest absolute Gasteiger partial charge is 0.478 e. The number of fused-ring (bicyclic) bond motifs is 7. The summed E-state index contributed by atoms with van der Waals surface area (Å²) in [5.74, 6) is 1.36. The van der Waals surface area contributed by atoms with Gasteiger partial charge < -0.3 is 10.4 Å². The number of nitrogens with zero attached hydrogens (tertiary/aromatic N) is 1. The van der Waals surface area contributed by atoms with Crippen LogP contribution in [0, 0.1) is 51.2 Å². The molecule has 274 valence electrons. The van der Waals surface area contributed by atoms with Gasteiger partial charge in [-0.25, -0.2) is 13.2 Å². The van der Waals surface area contributed by atoms with Crippen LogP contribution in [0.25, 0.3) is 5.57 Å². The fourth-order valence-corrected chi connectivity index (χ4v) is 15.3. The molecule has 8 heteroatoms. The molecule has 1 heterocycles. The van der Waals surface area contributed by atoms with Crippen LogP contribution in [-0.4, -0.2) is 54.1 Å². The van der Waals surface area contributed by atoms with Crippen LogP contribution in [0.5, 0.6) is 0 Å². The van der Waals surface area contributed by atoms with E-state index in [1.165, 1.54) is 34.7 Å². The van der Waals surface area contributed by atoms with Gasteiger partial charge >= 0.3 is 5.97 Å². The van der Waals surface area contributed by atoms with Crippen molar-refractivity contribution in [2.45, 2.75) is 118 Å². The highest BCUT2D eigenvalue weighted by atomic mass is 32.2. The molecule has 0 aromatic heterocycles. The molecule has 5 fully saturated rings. The molecule has 0 spiro atoms. The Labute approximate surface area is 300 Å². The summed E-state index contributed by atoms with van der Waals surface area (Å²) in [5.41, 5.74) is 4.13. The number of aromatic carboxylic acids is 1. The van der Waals surface area contributed by atoms with E-state index in [1.54, 1.807) is 12.1 Å². The number of carboxylic acids is 1. The van der Waals surface area contributed by atoms with Gasteiger partial charge in [-0.1, -0.05) is 65.0 Å². The molecule has 1 aromatic rings. The summed E-state index contributed by atoms with van der Waals surface area (Å²) in [5, 5.41) is 13.0. The first-order chi connectivity index (χ1) is 23.4. The van der Waals surface area contributed by atoms with Crippen LogP contribution in [-0.2, 0) is 14.8 Å². The Hall–Kier alpha value is -2.45. The smallest absolute Gasteiger partial charge is 0.335 e. The van der Waals surface area contributed by atoms with E-state index in [9.17, 15) is 23.1 Å². The number of nitrogens with one attached hydrogen (secondary N) is 1. The maximum Gasteiger partial charge on any atom is 0.335 e. The van der Waals surface area contributed by atoms with Gasteiger partial charge in [0, 0.05) is 12.1 Å². The number of rotatable bonds is 6. The molecule has 1 amide bonds. The van der Waals surface area contributed by atoms with Crippen molar-refractivity contribution in [1.82, 2.24) is 9.62 Å². The lowest BCUT2D eigenvalue weighted by molar-refractivity contribution is -0.219. The van der Waals surface area contributed by atoms with Crippen LogP contribution in [0.1, 0.15) is 128 Å². The number of amides is 1. The van der Waals surface area contributed by atoms with Gasteiger partial charge in [0.1, 0.15) is 0 Å². The van der Waals surface area contributed by atoms with Gasteiger partial charge in [-0.15, -0.1) is 0 Å². The van der Waals surface area contributed by atoms with Crippen LogP contribution in [0.2, 0.25) is 0 Å². The summed E-state index contributed by atoms with van der Waals surface area (Å²) in [6, 6.07) is 7.48. The fourth-order valence-electron chi connectivity index (χ4n) is 13.8. The molecule has 5 aliphatic carbocycles. The Bertz CT molecular complexity index is 1710. The molecule has 6 aliphatic rings. The number of allylic oxidation sites excluding steroid dienone is 3. The first-order valence-electron chi connectivity index (χ1n) is 19.4. The van der Waals surface area contributed by atoms with Crippen molar-refractivity contribution in [3.05, 3.63) is 53.6 Å². The van der Waals surface area contributed by atoms with Crippen molar-refractivity contribution in [2.75, 3.05) is 18.8 Å². The zero-order valence-electron chi connectivity index (χ0n) is 31.3. The molecular weight excluding hydrogens is 645 g/mol. The summed E-state index contributed by atoms with van der Waals surface area (Å²) >= 11 is 0. The highest BCUT2D eigenvalue weighted by molar-refractivity contribution is 7.89. The average Bonchev–Trinajstić information content (AvgIpc) is 3.42. The number of sulfonamides is 1. The Morgan fingerprint density at radius 3 is 2.30 bits per heavy atom. The van der Waals surface area contributed by atoms with Crippen molar-refractivity contribution in [1.29, 1.82) is 0 Å². The molecule has 0 bridgehead atoms. The zero-order valence-corrected chi connectivity index (χ0v) is 32.1. The minimum Gasteiger partial charge on any atom is -0.478 e.